The van der Waals surface area contributed by atoms with Crippen LogP contribution in [0.2, 0.25) is 5.02 Å². The Labute approximate surface area is 204 Å². The van der Waals surface area contributed by atoms with E-state index in [0.717, 1.165) is 10.1 Å². The number of halogens is 1. The van der Waals surface area contributed by atoms with Gasteiger partial charge in [0, 0.05) is 15.6 Å². The van der Waals surface area contributed by atoms with Crippen molar-refractivity contribution in [3.63, 3.8) is 0 Å². The summed E-state index contributed by atoms with van der Waals surface area (Å²) in [6, 6.07) is 18.9. The molecule has 9 heteroatoms. The van der Waals surface area contributed by atoms with E-state index in [1.54, 1.807) is 61.7 Å². The molecule has 34 heavy (non-hydrogen) atoms. The lowest BCUT2D eigenvalue weighted by Gasteiger charge is -2.04. The minimum atomic E-state index is -0.544. The van der Waals surface area contributed by atoms with Gasteiger partial charge in [-0.3, -0.25) is 4.79 Å². The number of hydrazone groups is 1. The first-order valence-electron chi connectivity index (χ1n) is 10.0. The Kier molecular flexibility index (Phi) is 7.10. The maximum Gasteiger partial charge on any atom is 0.355 e. The largest absolute Gasteiger partial charge is 0.497 e. The second-order valence-electron chi connectivity index (χ2n) is 7.00. The molecule has 1 N–H and O–H groups in total. The van der Waals surface area contributed by atoms with Gasteiger partial charge in [-0.05, 0) is 66.2 Å². The fourth-order valence-electron chi connectivity index (χ4n) is 3.07. The number of carbonyl (C=O) groups is 2. The first kappa shape index (κ1) is 23.3. The predicted molar refractivity (Wildman–Crippen MR) is 133 cm³/mol. The van der Waals surface area contributed by atoms with Gasteiger partial charge in [0.25, 0.3) is 5.91 Å². The van der Waals surface area contributed by atoms with Gasteiger partial charge in [0.1, 0.15) is 22.1 Å². The van der Waals surface area contributed by atoms with Crippen LogP contribution in [0.25, 0.3) is 10.1 Å². The van der Waals surface area contributed by atoms with Crippen molar-refractivity contribution in [1.82, 2.24) is 5.43 Å². The summed E-state index contributed by atoms with van der Waals surface area (Å²) in [6.45, 7) is 0. The van der Waals surface area contributed by atoms with Crippen LogP contribution in [0.3, 0.4) is 0 Å². The molecule has 0 radical (unpaired) electrons. The smallest absolute Gasteiger partial charge is 0.355 e. The summed E-state index contributed by atoms with van der Waals surface area (Å²) in [5.74, 6) is 0.713. The number of rotatable bonds is 7. The minimum Gasteiger partial charge on any atom is -0.497 e. The summed E-state index contributed by atoms with van der Waals surface area (Å²) >= 11 is 7.64. The molecular weight excluding hydrogens is 476 g/mol. The fourth-order valence-corrected chi connectivity index (χ4v) is 4.49. The van der Waals surface area contributed by atoms with Crippen LogP contribution in [0, 0.1) is 0 Å². The molecule has 0 saturated carbocycles. The molecule has 3 aromatic carbocycles. The van der Waals surface area contributed by atoms with Crippen molar-refractivity contribution in [3.8, 4) is 17.2 Å². The van der Waals surface area contributed by atoms with Crippen molar-refractivity contribution in [2.24, 2.45) is 5.10 Å². The van der Waals surface area contributed by atoms with Crippen LogP contribution >= 0.6 is 22.9 Å². The third-order valence-corrected chi connectivity index (χ3v) is 6.46. The third-order valence-electron chi connectivity index (χ3n) is 4.82. The molecule has 1 amide bonds. The van der Waals surface area contributed by atoms with Gasteiger partial charge in [-0.2, -0.15) is 5.10 Å². The van der Waals surface area contributed by atoms with E-state index in [1.165, 1.54) is 24.7 Å². The van der Waals surface area contributed by atoms with Crippen LogP contribution in [-0.2, 0) is 0 Å². The molecule has 0 saturated heterocycles. The van der Waals surface area contributed by atoms with E-state index in [9.17, 15) is 9.59 Å². The fraction of sp³-hybridized carbons (Fsp3) is 0.0800. The van der Waals surface area contributed by atoms with Crippen LogP contribution < -0.4 is 19.6 Å². The van der Waals surface area contributed by atoms with E-state index in [0.29, 0.717) is 38.3 Å². The first-order chi connectivity index (χ1) is 16.5. The van der Waals surface area contributed by atoms with Crippen molar-refractivity contribution >= 4 is 51.1 Å². The lowest BCUT2D eigenvalue weighted by molar-refractivity contribution is 0.0739. The van der Waals surface area contributed by atoms with E-state index in [-0.39, 0.29) is 5.91 Å². The summed E-state index contributed by atoms with van der Waals surface area (Å²) in [6.07, 6.45) is 1.49. The number of nitrogens with one attached hydrogen (secondary N) is 1. The van der Waals surface area contributed by atoms with Crippen molar-refractivity contribution in [1.29, 1.82) is 0 Å². The number of hydrogen-bond donors (Lipinski definition) is 1. The topological polar surface area (TPSA) is 86.2 Å². The zero-order valence-electron chi connectivity index (χ0n) is 18.2. The molecule has 0 spiro atoms. The van der Waals surface area contributed by atoms with E-state index in [4.69, 9.17) is 25.8 Å². The number of methoxy groups -OCH3 is 2. The number of nitrogens with zero attached hydrogens (tertiary/aromatic N) is 1. The molecule has 4 aromatic rings. The summed E-state index contributed by atoms with van der Waals surface area (Å²) in [7, 11) is 3.11. The van der Waals surface area contributed by atoms with Crippen LogP contribution in [0.15, 0.2) is 71.8 Å². The molecule has 4 rings (SSSR count). The molecule has 0 aliphatic carbocycles. The van der Waals surface area contributed by atoms with Crippen LogP contribution in [-0.4, -0.2) is 32.3 Å². The minimum absolute atomic E-state index is 0.316. The van der Waals surface area contributed by atoms with E-state index in [1.807, 2.05) is 12.1 Å². The van der Waals surface area contributed by atoms with Crippen molar-refractivity contribution in [2.45, 2.75) is 0 Å². The Bertz CT molecular complexity index is 1380. The number of benzene rings is 3. The average Bonchev–Trinajstić information content (AvgIpc) is 3.20. The molecule has 0 atom stereocenters. The first-order valence-corrected chi connectivity index (χ1v) is 11.2. The Balaban J connectivity index is 1.39. The Morgan fingerprint density at radius 1 is 0.941 bits per heavy atom. The summed E-state index contributed by atoms with van der Waals surface area (Å²) in [4.78, 5) is 25.2. The second kappa shape index (κ2) is 10.4. The summed E-state index contributed by atoms with van der Waals surface area (Å²) in [5.41, 5.74) is 3.60. The second-order valence-corrected chi connectivity index (χ2v) is 8.43. The van der Waals surface area contributed by atoms with Gasteiger partial charge in [0.05, 0.1) is 25.5 Å². The van der Waals surface area contributed by atoms with E-state index >= 15 is 0 Å². The van der Waals surface area contributed by atoms with Gasteiger partial charge in [-0.25, -0.2) is 10.2 Å². The standard InChI is InChI=1S/C25H19ClN2O5S/c1-31-18-5-3-4-16(12-18)24(29)28-27-14-15-6-8-17(9-7-15)33-25(30)23-22(26)20-11-10-19(32-2)13-21(20)34-23/h3-14H,1-2H3,(H,28,29). The molecule has 1 heterocycles. The highest BCUT2D eigenvalue weighted by Gasteiger charge is 2.19. The Morgan fingerprint density at radius 3 is 2.38 bits per heavy atom. The van der Waals surface area contributed by atoms with Gasteiger partial charge in [0.2, 0.25) is 0 Å². The van der Waals surface area contributed by atoms with Gasteiger partial charge < -0.3 is 14.2 Å². The quantitative estimate of drug-likeness (QED) is 0.157. The molecule has 0 bridgehead atoms. The van der Waals surface area contributed by atoms with Crippen molar-refractivity contribution < 1.29 is 23.8 Å². The molecular formula is C25H19ClN2O5S. The normalized spacial score (nSPS) is 10.9. The third kappa shape index (κ3) is 5.19. The SMILES string of the molecule is COc1cccc(C(=O)NN=Cc2ccc(OC(=O)c3sc4cc(OC)ccc4c3Cl)cc2)c1. The molecule has 0 unspecified atom stereocenters. The van der Waals surface area contributed by atoms with Crippen LogP contribution in [0.4, 0.5) is 0 Å². The molecule has 172 valence electrons. The van der Waals surface area contributed by atoms with Gasteiger partial charge in [-0.15, -0.1) is 11.3 Å². The average molecular weight is 495 g/mol. The summed E-state index contributed by atoms with van der Waals surface area (Å²) < 4.78 is 16.6. The number of amides is 1. The lowest BCUT2D eigenvalue weighted by Crippen LogP contribution is -2.17. The Morgan fingerprint density at radius 2 is 1.65 bits per heavy atom. The monoisotopic (exact) mass is 494 g/mol. The van der Waals surface area contributed by atoms with Gasteiger partial charge in [0.15, 0.2) is 0 Å². The predicted octanol–water partition coefficient (Wildman–Crippen LogP) is 5.56. The maximum atomic E-state index is 12.7. The molecule has 0 aliphatic heterocycles. The van der Waals surface area contributed by atoms with Crippen LogP contribution in [0.5, 0.6) is 17.2 Å². The number of ether oxygens (including phenoxy) is 3. The van der Waals surface area contributed by atoms with Gasteiger partial charge >= 0.3 is 5.97 Å². The lowest BCUT2D eigenvalue weighted by atomic mass is 10.2. The van der Waals surface area contributed by atoms with E-state index < -0.39 is 5.97 Å². The number of thiophene rings is 1. The molecule has 0 aliphatic rings. The number of esters is 1. The zero-order valence-corrected chi connectivity index (χ0v) is 19.8. The highest BCUT2D eigenvalue weighted by atomic mass is 35.5. The maximum absolute atomic E-state index is 12.7. The zero-order chi connectivity index (χ0) is 24.1. The molecule has 0 fully saturated rings. The van der Waals surface area contributed by atoms with Crippen molar-refractivity contribution in [3.05, 3.63) is 87.8 Å². The van der Waals surface area contributed by atoms with Crippen molar-refractivity contribution in [2.75, 3.05) is 14.2 Å². The van der Waals surface area contributed by atoms with E-state index in [2.05, 4.69) is 10.5 Å². The molecule has 7 nitrogen and oxygen atoms in total. The number of fused-ring (bicyclic) bond motifs is 1. The summed E-state index contributed by atoms with van der Waals surface area (Å²) in [5, 5.41) is 5.08. The Hall–Kier alpha value is -3.88. The van der Waals surface area contributed by atoms with Gasteiger partial charge in [-0.1, -0.05) is 17.7 Å². The highest BCUT2D eigenvalue weighted by Crippen LogP contribution is 2.37. The van der Waals surface area contributed by atoms with Crippen LogP contribution in [0.1, 0.15) is 25.6 Å². The highest BCUT2D eigenvalue weighted by molar-refractivity contribution is 7.21. The number of hydrogen-bond acceptors (Lipinski definition) is 7. The molecule has 1 aromatic heterocycles. The number of carbonyl (C=O) groups excluding carboxylic acids is 2.